The SMILES string of the molecule is CN(Cc1ccc(Cl)nc1)/C(N)=N/[N+](=O)[O-]. The Kier molecular flexibility index (Phi) is 4.01. The van der Waals surface area contributed by atoms with Crippen LogP contribution in [0.25, 0.3) is 0 Å². The van der Waals surface area contributed by atoms with Crippen LogP contribution in [0.4, 0.5) is 0 Å². The molecule has 0 saturated heterocycles. The number of aromatic nitrogens is 1. The summed E-state index contributed by atoms with van der Waals surface area (Å²) in [5.74, 6) is -0.167. The van der Waals surface area contributed by atoms with E-state index in [1.807, 2.05) is 0 Å². The molecule has 16 heavy (non-hydrogen) atoms. The smallest absolute Gasteiger partial charge is 0.268 e. The second-order valence-corrected chi connectivity index (χ2v) is 3.43. The molecule has 0 bridgehead atoms. The minimum atomic E-state index is -0.841. The van der Waals surface area contributed by atoms with Crippen molar-refractivity contribution >= 4 is 17.6 Å². The Bertz CT molecular complexity index is 405. The molecule has 0 fully saturated rings. The Morgan fingerprint density at radius 3 is 2.94 bits per heavy atom. The van der Waals surface area contributed by atoms with Gasteiger partial charge in [0.05, 0.1) is 0 Å². The van der Waals surface area contributed by atoms with Gasteiger partial charge in [0.1, 0.15) is 10.3 Å². The molecule has 1 heterocycles. The van der Waals surface area contributed by atoms with Crippen LogP contribution in [0.5, 0.6) is 0 Å². The minimum absolute atomic E-state index is 0.167. The lowest BCUT2D eigenvalue weighted by atomic mass is 10.3. The number of halogens is 1. The van der Waals surface area contributed by atoms with Crippen molar-refractivity contribution in [1.82, 2.24) is 9.88 Å². The number of hydrogen-bond acceptors (Lipinski definition) is 3. The molecule has 2 N–H and O–H groups in total. The Balaban J connectivity index is 2.67. The number of nitrogens with two attached hydrogens (primary N) is 1. The summed E-state index contributed by atoms with van der Waals surface area (Å²) < 4.78 is 0. The van der Waals surface area contributed by atoms with Crippen molar-refractivity contribution in [3.8, 4) is 0 Å². The van der Waals surface area contributed by atoms with E-state index in [1.54, 1.807) is 25.4 Å². The zero-order valence-electron chi connectivity index (χ0n) is 8.50. The van der Waals surface area contributed by atoms with Crippen molar-refractivity contribution in [3.05, 3.63) is 39.2 Å². The van der Waals surface area contributed by atoms with Gasteiger partial charge < -0.3 is 10.6 Å². The second-order valence-electron chi connectivity index (χ2n) is 3.04. The summed E-state index contributed by atoms with van der Waals surface area (Å²) in [4.78, 5) is 15.4. The number of nitrogens with zero attached hydrogens (tertiary/aromatic N) is 4. The average molecular weight is 244 g/mol. The van der Waals surface area contributed by atoms with Crippen LogP contribution in [0.1, 0.15) is 5.56 Å². The highest BCUT2D eigenvalue weighted by Gasteiger charge is 2.07. The maximum absolute atomic E-state index is 10.1. The van der Waals surface area contributed by atoms with Crippen LogP contribution < -0.4 is 5.73 Å². The highest BCUT2D eigenvalue weighted by molar-refractivity contribution is 6.29. The number of hydrazone groups is 1. The molecule has 0 aliphatic carbocycles. The molecular weight excluding hydrogens is 234 g/mol. The van der Waals surface area contributed by atoms with E-state index in [2.05, 4.69) is 10.1 Å². The van der Waals surface area contributed by atoms with Crippen LogP contribution >= 0.6 is 11.6 Å². The zero-order chi connectivity index (χ0) is 12.1. The summed E-state index contributed by atoms with van der Waals surface area (Å²) in [6.07, 6.45) is 1.57. The molecule has 0 saturated carbocycles. The molecule has 1 aromatic rings. The van der Waals surface area contributed by atoms with Gasteiger partial charge in [0.15, 0.2) is 5.03 Å². The quantitative estimate of drug-likeness (QED) is 0.277. The van der Waals surface area contributed by atoms with Crippen LogP contribution in [0.15, 0.2) is 23.4 Å². The van der Waals surface area contributed by atoms with Gasteiger partial charge in [-0.25, -0.2) is 15.1 Å². The van der Waals surface area contributed by atoms with Crippen LogP contribution in [0.2, 0.25) is 5.15 Å². The highest BCUT2D eigenvalue weighted by atomic mass is 35.5. The summed E-state index contributed by atoms with van der Waals surface area (Å²) in [5, 5.41) is 12.6. The topological polar surface area (TPSA) is 97.7 Å². The van der Waals surface area contributed by atoms with Crippen molar-refractivity contribution in [2.24, 2.45) is 10.8 Å². The minimum Gasteiger partial charge on any atom is -0.365 e. The summed E-state index contributed by atoms with van der Waals surface area (Å²) in [6.45, 7) is 0.368. The summed E-state index contributed by atoms with van der Waals surface area (Å²) in [6, 6.07) is 3.39. The van der Waals surface area contributed by atoms with Gasteiger partial charge in [0.25, 0.3) is 5.96 Å². The molecule has 0 aliphatic rings. The van der Waals surface area contributed by atoms with E-state index in [9.17, 15) is 10.1 Å². The molecule has 0 aromatic carbocycles. The fourth-order valence-corrected chi connectivity index (χ4v) is 1.13. The van der Waals surface area contributed by atoms with Crippen molar-refractivity contribution in [2.45, 2.75) is 6.54 Å². The molecule has 0 radical (unpaired) electrons. The van der Waals surface area contributed by atoms with Crippen LogP contribution in [0.3, 0.4) is 0 Å². The third-order valence-electron chi connectivity index (χ3n) is 1.78. The van der Waals surface area contributed by atoms with Crippen LogP contribution in [-0.4, -0.2) is 27.9 Å². The summed E-state index contributed by atoms with van der Waals surface area (Å²) in [5.41, 5.74) is 6.21. The molecule has 0 spiro atoms. The van der Waals surface area contributed by atoms with Crippen LogP contribution in [-0.2, 0) is 6.54 Å². The number of rotatable bonds is 3. The van der Waals surface area contributed by atoms with Gasteiger partial charge in [-0.1, -0.05) is 17.7 Å². The normalized spacial score (nSPS) is 11.2. The van der Waals surface area contributed by atoms with Gasteiger partial charge in [0, 0.05) is 19.8 Å². The van der Waals surface area contributed by atoms with Crippen molar-refractivity contribution in [3.63, 3.8) is 0 Å². The molecule has 0 amide bonds. The van der Waals surface area contributed by atoms with E-state index in [0.717, 1.165) is 5.56 Å². The lowest BCUT2D eigenvalue weighted by molar-refractivity contribution is -0.485. The monoisotopic (exact) mass is 243 g/mol. The second kappa shape index (κ2) is 5.26. The first-order valence-electron chi connectivity index (χ1n) is 4.29. The first-order valence-corrected chi connectivity index (χ1v) is 4.67. The summed E-state index contributed by atoms with van der Waals surface area (Å²) >= 11 is 5.62. The van der Waals surface area contributed by atoms with Gasteiger partial charge in [-0.15, -0.1) is 0 Å². The number of hydrogen-bond donors (Lipinski definition) is 1. The standard InChI is InChI=1S/C8H10ClN5O2/c1-13(8(10)12-14(15)16)5-6-2-3-7(9)11-4-6/h2-4H,5H2,1H3,(H2,10,12). The number of nitro groups is 1. The lowest BCUT2D eigenvalue weighted by Gasteiger charge is -2.15. The molecule has 1 rings (SSSR count). The third-order valence-corrected chi connectivity index (χ3v) is 2.01. The molecule has 8 heteroatoms. The van der Waals surface area contributed by atoms with E-state index >= 15 is 0 Å². The van der Waals surface area contributed by atoms with Crippen molar-refractivity contribution in [1.29, 1.82) is 0 Å². The third kappa shape index (κ3) is 3.70. The summed E-state index contributed by atoms with van der Waals surface area (Å²) in [7, 11) is 1.59. The predicted molar refractivity (Wildman–Crippen MR) is 59.3 cm³/mol. The number of pyridine rings is 1. The Morgan fingerprint density at radius 2 is 2.44 bits per heavy atom. The van der Waals surface area contributed by atoms with E-state index in [4.69, 9.17) is 17.3 Å². The van der Waals surface area contributed by atoms with Gasteiger partial charge in [-0.3, -0.25) is 0 Å². The Labute approximate surface area is 96.7 Å². The van der Waals surface area contributed by atoms with E-state index < -0.39 is 5.03 Å². The molecule has 1 aromatic heterocycles. The van der Waals surface area contributed by atoms with Gasteiger partial charge in [-0.2, -0.15) is 0 Å². The molecular formula is C8H10ClN5O2. The van der Waals surface area contributed by atoms with Crippen molar-refractivity contribution in [2.75, 3.05) is 7.05 Å². The Hall–Kier alpha value is -1.89. The van der Waals surface area contributed by atoms with Gasteiger partial charge in [0.2, 0.25) is 0 Å². The van der Waals surface area contributed by atoms with Gasteiger partial charge >= 0.3 is 0 Å². The highest BCUT2D eigenvalue weighted by Crippen LogP contribution is 2.06. The molecule has 0 unspecified atom stereocenters. The molecule has 0 atom stereocenters. The molecule has 86 valence electrons. The average Bonchev–Trinajstić information content (AvgIpc) is 2.20. The fourth-order valence-electron chi connectivity index (χ4n) is 1.01. The maximum atomic E-state index is 10.1. The first kappa shape index (κ1) is 12.2. The molecule has 0 aliphatic heterocycles. The number of guanidine groups is 1. The maximum Gasteiger partial charge on any atom is 0.268 e. The zero-order valence-corrected chi connectivity index (χ0v) is 9.26. The van der Waals surface area contributed by atoms with Gasteiger partial charge in [-0.05, 0) is 11.6 Å². The lowest BCUT2D eigenvalue weighted by Crippen LogP contribution is -2.34. The largest absolute Gasteiger partial charge is 0.365 e. The predicted octanol–water partition coefficient (Wildman–Crippen LogP) is 0.673. The van der Waals surface area contributed by atoms with E-state index in [1.165, 1.54) is 4.90 Å². The fraction of sp³-hybridized carbons (Fsp3) is 0.250. The Morgan fingerprint density at radius 1 is 1.75 bits per heavy atom. The molecule has 7 nitrogen and oxygen atoms in total. The van der Waals surface area contributed by atoms with Crippen LogP contribution in [0, 0.1) is 10.1 Å². The first-order chi connectivity index (χ1) is 7.49. The van der Waals surface area contributed by atoms with E-state index in [-0.39, 0.29) is 5.96 Å². The van der Waals surface area contributed by atoms with E-state index in [0.29, 0.717) is 11.7 Å². The van der Waals surface area contributed by atoms with Crippen molar-refractivity contribution < 1.29 is 5.03 Å².